The minimum Gasteiger partial charge on any atom is -0.497 e. The van der Waals surface area contributed by atoms with Crippen LogP contribution < -0.4 is 9.47 Å². The van der Waals surface area contributed by atoms with Crippen LogP contribution in [0.5, 0.6) is 11.5 Å². The summed E-state index contributed by atoms with van der Waals surface area (Å²) >= 11 is 0. The van der Waals surface area contributed by atoms with Crippen molar-refractivity contribution >= 4 is 16.0 Å². The second-order valence-corrected chi connectivity index (χ2v) is 7.27. The molecule has 0 amide bonds. The molecule has 0 unspecified atom stereocenters. The van der Waals surface area contributed by atoms with E-state index in [0.29, 0.717) is 11.5 Å². The molecule has 0 aliphatic carbocycles. The molecule has 2 aromatic rings. The van der Waals surface area contributed by atoms with Crippen molar-refractivity contribution in [2.24, 2.45) is 0 Å². The van der Waals surface area contributed by atoms with E-state index in [1.54, 1.807) is 36.4 Å². The first-order chi connectivity index (χ1) is 11.3. The predicted octanol–water partition coefficient (Wildman–Crippen LogP) is 2.23. The smallest absolute Gasteiger partial charge is 0.326 e. The van der Waals surface area contributed by atoms with Crippen molar-refractivity contribution in [3.05, 3.63) is 54.1 Å². The molecule has 6 nitrogen and oxygen atoms in total. The van der Waals surface area contributed by atoms with Gasteiger partial charge in [-0.1, -0.05) is 17.7 Å². The number of methoxy groups -OCH3 is 1. The highest BCUT2D eigenvalue weighted by molar-refractivity contribution is 7.89. The number of carbonyl (C=O) groups excluding carboxylic acids is 1. The summed E-state index contributed by atoms with van der Waals surface area (Å²) in [4.78, 5) is 12.1. The fourth-order valence-corrected chi connectivity index (χ4v) is 3.08. The largest absolute Gasteiger partial charge is 0.497 e. The van der Waals surface area contributed by atoms with Gasteiger partial charge in [-0.2, -0.15) is 4.31 Å². The molecule has 128 valence electrons. The number of likely N-dealkylation sites (N-methyl/N-ethyl adjacent to an activating group) is 1. The number of rotatable bonds is 6. The fraction of sp³-hybridized carbons (Fsp3) is 0.235. The van der Waals surface area contributed by atoms with E-state index in [4.69, 9.17) is 9.47 Å². The normalized spacial score (nSPS) is 11.3. The van der Waals surface area contributed by atoms with Gasteiger partial charge in [0.15, 0.2) is 0 Å². The molecule has 0 saturated carbocycles. The van der Waals surface area contributed by atoms with Crippen molar-refractivity contribution in [2.75, 3.05) is 20.7 Å². The van der Waals surface area contributed by atoms with Crippen LogP contribution in [0.1, 0.15) is 5.56 Å². The lowest BCUT2D eigenvalue weighted by Gasteiger charge is -2.16. The van der Waals surface area contributed by atoms with Gasteiger partial charge in [0.1, 0.15) is 18.0 Å². The summed E-state index contributed by atoms with van der Waals surface area (Å²) in [5.74, 6) is 0.286. The van der Waals surface area contributed by atoms with E-state index in [1.807, 2.05) is 6.92 Å². The lowest BCUT2D eigenvalue weighted by atomic mass is 10.2. The first-order valence-corrected chi connectivity index (χ1v) is 8.64. The number of aryl methyl sites for hydroxylation is 1. The van der Waals surface area contributed by atoms with Gasteiger partial charge >= 0.3 is 5.97 Å². The molecule has 0 atom stereocenters. The number of nitrogens with zero attached hydrogens (tertiary/aromatic N) is 1. The molecular formula is C17H19NO5S. The standard InChI is InChI=1S/C17H19NO5S/c1-13-4-10-16(11-5-13)24(20,21)18(2)12-17(19)23-15-8-6-14(22-3)7-9-15/h4-11H,12H2,1-3H3. The van der Waals surface area contributed by atoms with Gasteiger partial charge in [-0.05, 0) is 43.3 Å². The highest BCUT2D eigenvalue weighted by Gasteiger charge is 2.23. The Morgan fingerprint density at radius 3 is 2.08 bits per heavy atom. The summed E-state index contributed by atoms with van der Waals surface area (Å²) in [5.41, 5.74) is 0.954. The molecule has 2 aromatic carbocycles. The Hall–Kier alpha value is -2.38. The maximum atomic E-state index is 12.4. The number of hydrogen-bond donors (Lipinski definition) is 0. The maximum Gasteiger partial charge on any atom is 0.326 e. The van der Waals surface area contributed by atoms with Crippen molar-refractivity contribution in [1.82, 2.24) is 4.31 Å². The van der Waals surface area contributed by atoms with Crippen LogP contribution in [0.2, 0.25) is 0 Å². The number of benzene rings is 2. The topological polar surface area (TPSA) is 72.9 Å². The summed E-state index contributed by atoms with van der Waals surface area (Å²) < 4.78 is 35.9. The summed E-state index contributed by atoms with van der Waals surface area (Å²) in [6, 6.07) is 12.9. The van der Waals surface area contributed by atoms with Crippen LogP contribution in [0.15, 0.2) is 53.4 Å². The van der Waals surface area contributed by atoms with E-state index in [-0.39, 0.29) is 11.4 Å². The highest BCUT2D eigenvalue weighted by atomic mass is 32.2. The van der Waals surface area contributed by atoms with Crippen LogP contribution in [0.3, 0.4) is 0 Å². The Bertz CT molecular complexity index is 798. The van der Waals surface area contributed by atoms with Crippen LogP contribution in [-0.2, 0) is 14.8 Å². The minimum absolute atomic E-state index is 0.132. The van der Waals surface area contributed by atoms with Crippen LogP contribution in [0, 0.1) is 6.92 Å². The summed E-state index contributed by atoms with van der Waals surface area (Å²) in [6.07, 6.45) is 0. The number of carbonyl (C=O) groups is 1. The third-order valence-electron chi connectivity index (χ3n) is 3.37. The van der Waals surface area contributed by atoms with Crippen LogP contribution in [0.25, 0.3) is 0 Å². The Morgan fingerprint density at radius 1 is 1.00 bits per heavy atom. The molecule has 0 fully saturated rings. The van der Waals surface area contributed by atoms with E-state index >= 15 is 0 Å². The fourth-order valence-electron chi connectivity index (χ4n) is 1.96. The van der Waals surface area contributed by atoms with E-state index in [0.717, 1.165) is 9.87 Å². The van der Waals surface area contributed by atoms with Crippen molar-refractivity contribution in [2.45, 2.75) is 11.8 Å². The van der Waals surface area contributed by atoms with Gasteiger partial charge < -0.3 is 9.47 Å². The molecule has 2 rings (SSSR count). The first-order valence-electron chi connectivity index (χ1n) is 7.20. The van der Waals surface area contributed by atoms with Gasteiger partial charge in [-0.15, -0.1) is 0 Å². The third-order valence-corrected chi connectivity index (χ3v) is 5.19. The Morgan fingerprint density at radius 2 is 1.54 bits per heavy atom. The van der Waals surface area contributed by atoms with E-state index in [9.17, 15) is 13.2 Å². The lowest BCUT2D eigenvalue weighted by molar-refractivity contribution is -0.134. The van der Waals surface area contributed by atoms with Gasteiger partial charge in [-0.25, -0.2) is 8.42 Å². The van der Waals surface area contributed by atoms with E-state index in [1.165, 1.54) is 26.3 Å². The maximum absolute atomic E-state index is 12.4. The summed E-state index contributed by atoms with van der Waals surface area (Å²) in [7, 11) is -0.870. The Balaban J connectivity index is 2.03. The highest BCUT2D eigenvalue weighted by Crippen LogP contribution is 2.18. The molecule has 0 saturated heterocycles. The van der Waals surface area contributed by atoms with Crippen molar-refractivity contribution in [1.29, 1.82) is 0 Å². The SMILES string of the molecule is COc1ccc(OC(=O)CN(C)S(=O)(=O)c2ccc(C)cc2)cc1. The molecule has 0 aromatic heterocycles. The van der Waals surface area contributed by atoms with E-state index < -0.39 is 16.0 Å². The van der Waals surface area contributed by atoms with Gasteiger partial charge in [-0.3, -0.25) is 4.79 Å². The van der Waals surface area contributed by atoms with Gasteiger partial charge in [0.25, 0.3) is 0 Å². The molecule has 7 heteroatoms. The molecule has 24 heavy (non-hydrogen) atoms. The second kappa shape index (κ2) is 7.46. The average molecular weight is 349 g/mol. The Kier molecular flexibility index (Phi) is 5.58. The zero-order valence-corrected chi connectivity index (χ0v) is 14.5. The molecular weight excluding hydrogens is 330 g/mol. The molecule has 0 aliphatic rings. The van der Waals surface area contributed by atoms with Crippen molar-refractivity contribution in [3.8, 4) is 11.5 Å². The minimum atomic E-state index is -3.74. The van der Waals surface area contributed by atoms with E-state index in [2.05, 4.69) is 0 Å². The average Bonchev–Trinajstić information content (AvgIpc) is 2.55. The molecule has 0 heterocycles. The molecule has 0 radical (unpaired) electrons. The Labute approximate surface area is 141 Å². The van der Waals surface area contributed by atoms with Crippen molar-refractivity contribution in [3.63, 3.8) is 0 Å². The predicted molar refractivity (Wildman–Crippen MR) is 89.6 cm³/mol. The summed E-state index contributed by atoms with van der Waals surface area (Å²) in [6.45, 7) is 1.48. The van der Waals surface area contributed by atoms with Gasteiger partial charge in [0, 0.05) is 7.05 Å². The van der Waals surface area contributed by atoms with Crippen LogP contribution in [0.4, 0.5) is 0 Å². The first kappa shape index (κ1) is 18.0. The second-order valence-electron chi connectivity index (χ2n) is 5.22. The van der Waals surface area contributed by atoms with Crippen LogP contribution in [-0.4, -0.2) is 39.4 Å². The monoisotopic (exact) mass is 349 g/mol. The lowest BCUT2D eigenvalue weighted by Crippen LogP contribution is -2.34. The molecule has 0 N–H and O–H groups in total. The zero-order chi connectivity index (χ0) is 17.7. The summed E-state index contributed by atoms with van der Waals surface area (Å²) in [5, 5.41) is 0. The quantitative estimate of drug-likeness (QED) is 0.591. The van der Waals surface area contributed by atoms with Gasteiger partial charge in [0.05, 0.1) is 12.0 Å². The molecule has 0 spiro atoms. The number of esters is 1. The zero-order valence-electron chi connectivity index (χ0n) is 13.7. The van der Waals surface area contributed by atoms with Crippen molar-refractivity contribution < 1.29 is 22.7 Å². The number of sulfonamides is 1. The molecule has 0 bridgehead atoms. The van der Waals surface area contributed by atoms with Crippen LogP contribution >= 0.6 is 0 Å². The molecule has 0 aliphatic heterocycles. The number of hydrogen-bond acceptors (Lipinski definition) is 5. The number of ether oxygens (including phenoxy) is 2. The third kappa shape index (κ3) is 4.33. The van der Waals surface area contributed by atoms with Gasteiger partial charge in [0.2, 0.25) is 10.0 Å².